The van der Waals surface area contributed by atoms with Crippen molar-refractivity contribution in [3.8, 4) is 0 Å². The normalized spacial score (nSPS) is 11.9. The van der Waals surface area contributed by atoms with E-state index in [1.54, 1.807) is 18.3 Å². The van der Waals surface area contributed by atoms with Gasteiger partial charge in [0.1, 0.15) is 0 Å². The molecular formula is C12H17NO3S. The molecule has 1 rings (SSSR count). The predicted molar refractivity (Wildman–Crippen MR) is 66.7 cm³/mol. The highest BCUT2D eigenvalue weighted by atomic mass is 32.1. The molecule has 1 aromatic heterocycles. The van der Waals surface area contributed by atoms with Crippen molar-refractivity contribution in [3.05, 3.63) is 22.4 Å². The van der Waals surface area contributed by atoms with E-state index >= 15 is 0 Å². The molecule has 1 atom stereocenters. The Kier molecular flexibility index (Phi) is 5.69. The summed E-state index contributed by atoms with van der Waals surface area (Å²) in [6, 6.07) is 1.96. The first-order valence-electron chi connectivity index (χ1n) is 5.60. The zero-order valence-corrected chi connectivity index (χ0v) is 10.9. The van der Waals surface area contributed by atoms with Gasteiger partial charge in [-0.15, -0.1) is 0 Å². The molecule has 0 fully saturated rings. The molecule has 1 amide bonds. The Morgan fingerprint density at radius 3 is 2.82 bits per heavy atom. The van der Waals surface area contributed by atoms with Gasteiger partial charge in [0.2, 0.25) is 5.91 Å². The molecule has 0 aliphatic heterocycles. The van der Waals surface area contributed by atoms with Crippen LogP contribution >= 0.6 is 11.3 Å². The molecule has 0 aromatic carbocycles. The van der Waals surface area contributed by atoms with E-state index < -0.39 is 0 Å². The third kappa shape index (κ3) is 4.99. The molecule has 94 valence electrons. The van der Waals surface area contributed by atoms with Crippen LogP contribution in [-0.4, -0.2) is 18.5 Å². The highest BCUT2D eigenvalue weighted by molar-refractivity contribution is 7.07. The maximum absolute atomic E-state index is 11.5. The molecule has 5 heteroatoms. The lowest BCUT2D eigenvalue weighted by Crippen LogP contribution is -2.26. The first kappa shape index (κ1) is 13.7. The molecule has 1 aromatic rings. The molecular weight excluding hydrogens is 238 g/mol. The third-order valence-electron chi connectivity index (χ3n) is 2.28. The fourth-order valence-corrected chi connectivity index (χ4v) is 2.12. The lowest BCUT2D eigenvalue weighted by atomic mass is 10.2. The summed E-state index contributed by atoms with van der Waals surface area (Å²) in [6.07, 6.45) is 0.309. The SMILES string of the molecule is CCOC(=O)CCC(=O)NC(C)c1ccsc1. The highest BCUT2D eigenvalue weighted by Crippen LogP contribution is 2.15. The molecule has 0 aliphatic carbocycles. The van der Waals surface area contributed by atoms with Crippen LogP contribution in [0.4, 0.5) is 0 Å². The fourth-order valence-electron chi connectivity index (χ4n) is 1.37. The standard InChI is InChI=1S/C12H17NO3S/c1-3-16-12(15)5-4-11(14)13-9(2)10-6-7-17-8-10/h6-9H,3-5H2,1-2H3,(H,13,14). The van der Waals surface area contributed by atoms with Crippen LogP contribution in [0, 0.1) is 0 Å². The lowest BCUT2D eigenvalue weighted by molar-refractivity contribution is -0.144. The average Bonchev–Trinajstić information content (AvgIpc) is 2.80. The molecule has 1 N–H and O–H groups in total. The minimum absolute atomic E-state index is 0.0176. The molecule has 0 saturated carbocycles. The minimum atomic E-state index is -0.328. The summed E-state index contributed by atoms with van der Waals surface area (Å²) in [5.41, 5.74) is 1.08. The lowest BCUT2D eigenvalue weighted by Gasteiger charge is -2.12. The van der Waals surface area contributed by atoms with Crippen LogP contribution in [0.15, 0.2) is 16.8 Å². The maximum Gasteiger partial charge on any atom is 0.306 e. The summed E-state index contributed by atoms with van der Waals surface area (Å²) in [5.74, 6) is -0.456. The Bertz CT molecular complexity index is 362. The molecule has 4 nitrogen and oxygen atoms in total. The Hall–Kier alpha value is -1.36. The van der Waals surface area contributed by atoms with Crippen molar-refractivity contribution in [1.29, 1.82) is 0 Å². The number of nitrogens with one attached hydrogen (secondary N) is 1. The third-order valence-corrected chi connectivity index (χ3v) is 2.98. The Morgan fingerprint density at radius 2 is 2.24 bits per heavy atom. The van der Waals surface area contributed by atoms with Crippen LogP contribution in [0.1, 0.15) is 38.3 Å². The van der Waals surface area contributed by atoms with Crippen molar-refractivity contribution >= 4 is 23.2 Å². The molecule has 0 radical (unpaired) electrons. The van der Waals surface area contributed by atoms with E-state index in [2.05, 4.69) is 5.32 Å². The van der Waals surface area contributed by atoms with Gasteiger partial charge in [-0.2, -0.15) is 11.3 Å². The van der Waals surface area contributed by atoms with Crippen molar-refractivity contribution < 1.29 is 14.3 Å². The summed E-state index contributed by atoms with van der Waals surface area (Å²) < 4.78 is 4.75. The Labute approximate surface area is 105 Å². The summed E-state index contributed by atoms with van der Waals surface area (Å²) in [6.45, 7) is 4.02. The number of carbonyl (C=O) groups excluding carboxylic acids is 2. The van der Waals surface area contributed by atoms with Crippen LogP contribution in [-0.2, 0) is 14.3 Å². The van der Waals surface area contributed by atoms with E-state index in [4.69, 9.17) is 4.74 Å². The summed E-state index contributed by atoms with van der Waals surface area (Å²) in [4.78, 5) is 22.6. The van der Waals surface area contributed by atoms with E-state index in [1.165, 1.54) is 0 Å². The van der Waals surface area contributed by atoms with Gasteiger partial charge in [0.05, 0.1) is 19.1 Å². The number of thiophene rings is 1. The summed E-state index contributed by atoms with van der Waals surface area (Å²) >= 11 is 1.59. The van der Waals surface area contributed by atoms with Crippen molar-refractivity contribution in [2.24, 2.45) is 0 Å². The van der Waals surface area contributed by atoms with Gasteiger partial charge in [-0.05, 0) is 36.2 Å². The zero-order valence-electron chi connectivity index (χ0n) is 10.1. The quantitative estimate of drug-likeness (QED) is 0.793. The van der Waals surface area contributed by atoms with Gasteiger partial charge in [0.25, 0.3) is 0 Å². The van der Waals surface area contributed by atoms with Gasteiger partial charge in [0.15, 0.2) is 0 Å². The highest BCUT2D eigenvalue weighted by Gasteiger charge is 2.11. The second-order valence-electron chi connectivity index (χ2n) is 3.65. The second-order valence-corrected chi connectivity index (χ2v) is 4.43. The van der Waals surface area contributed by atoms with Gasteiger partial charge in [0, 0.05) is 6.42 Å². The van der Waals surface area contributed by atoms with Gasteiger partial charge in [-0.3, -0.25) is 9.59 Å². The number of ether oxygens (including phenoxy) is 1. The summed E-state index contributed by atoms with van der Waals surface area (Å²) in [5, 5.41) is 6.80. The van der Waals surface area contributed by atoms with Crippen molar-refractivity contribution in [3.63, 3.8) is 0 Å². The first-order chi connectivity index (χ1) is 8.13. The monoisotopic (exact) mass is 255 g/mol. The predicted octanol–water partition coefficient (Wildman–Crippen LogP) is 2.27. The molecule has 0 saturated heterocycles. The second kappa shape index (κ2) is 7.06. The fraction of sp³-hybridized carbons (Fsp3) is 0.500. The average molecular weight is 255 g/mol. The topological polar surface area (TPSA) is 55.4 Å². The van der Waals surface area contributed by atoms with Crippen LogP contribution in [0.25, 0.3) is 0 Å². The van der Waals surface area contributed by atoms with E-state index in [-0.39, 0.29) is 30.8 Å². The molecule has 1 heterocycles. The number of amides is 1. The van der Waals surface area contributed by atoms with Crippen molar-refractivity contribution in [2.45, 2.75) is 32.7 Å². The van der Waals surface area contributed by atoms with E-state index in [9.17, 15) is 9.59 Å². The number of esters is 1. The first-order valence-corrected chi connectivity index (χ1v) is 6.54. The Morgan fingerprint density at radius 1 is 1.47 bits per heavy atom. The molecule has 0 spiro atoms. The number of rotatable bonds is 6. The van der Waals surface area contributed by atoms with Gasteiger partial charge in [-0.1, -0.05) is 0 Å². The van der Waals surface area contributed by atoms with E-state index in [1.807, 2.05) is 23.8 Å². The molecule has 17 heavy (non-hydrogen) atoms. The molecule has 0 bridgehead atoms. The van der Waals surface area contributed by atoms with Crippen molar-refractivity contribution in [1.82, 2.24) is 5.32 Å². The smallest absolute Gasteiger partial charge is 0.306 e. The minimum Gasteiger partial charge on any atom is -0.466 e. The number of hydrogen-bond acceptors (Lipinski definition) is 4. The Balaban J connectivity index is 2.28. The van der Waals surface area contributed by atoms with Gasteiger partial charge in [-0.25, -0.2) is 0 Å². The summed E-state index contributed by atoms with van der Waals surface area (Å²) in [7, 11) is 0. The van der Waals surface area contributed by atoms with Crippen LogP contribution < -0.4 is 5.32 Å². The largest absolute Gasteiger partial charge is 0.466 e. The number of carbonyl (C=O) groups is 2. The maximum atomic E-state index is 11.5. The van der Waals surface area contributed by atoms with E-state index in [0.29, 0.717) is 6.61 Å². The number of hydrogen-bond donors (Lipinski definition) is 1. The van der Waals surface area contributed by atoms with Gasteiger partial charge < -0.3 is 10.1 Å². The molecule has 0 aliphatic rings. The van der Waals surface area contributed by atoms with Crippen LogP contribution in [0.3, 0.4) is 0 Å². The van der Waals surface area contributed by atoms with Crippen molar-refractivity contribution in [2.75, 3.05) is 6.61 Å². The molecule has 1 unspecified atom stereocenters. The van der Waals surface area contributed by atoms with Crippen LogP contribution in [0.2, 0.25) is 0 Å². The zero-order chi connectivity index (χ0) is 12.7. The van der Waals surface area contributed by atoms with Gasteiger partial charge >= 0.3 is 5.97 Å². The van der Waals surface area contributed by atoms with E-state index in [0.717, 1.165) is 5.56 Å². The van der Waals surface area contributed by atoms with Crippen LogP contribution in [0.5, 0.6) is 0 Å².